The van der Waals surface area contributed by atoms with E-state index < -0.39 is 10.0 Å². The summed E-state index contributed by atoms with van der Waals surface area (Å²) in [6.45, 7) is 4.73. The van der Waals surface area contributed by atoms with Crippen molar-refractivity contribution in [3.63, 3.8) is 0 Å². The molecule has 1 aliphatic heterocycles. The number of aryl methyl sites for hydroxylation is 1. The molecule has 4 nitrogen and oxygen atoms in total. The maximum Gasteiger partial charge on any atom is 0.250 e. The van der Waals surface area contributed by atoms with E-state index in [1.165, 1.54) is 42.7 Å². The summed E-state index contributed by atoms with van der Waals surface area (Å²) in [7, 11) is -3.39. The van der Waals surface area contributed by atoms with Crippen LogP contribution in [-0.2, 0) is 22.9 Å². The fourth-order valence-electron chi connectivity index (χ4n) is 3.30. The van der Waals surface area contributed by atoms with Crippen molar-refractivity contribution in [3.8, 4) is 0 Å². The van der Waals surface area contributed by atoms with Crippen LogP contribution in [0.5, 0.6) is 0 Å². The van der Waals surface area contributed by atoms with Crippen LogP contribution >= 0.6 is 11.3 Å². The average molecular weight is 393 g/mol. The molecule has 0 atom stereocenters. The highest BCUT2D eigenvalue weighted by Gasteiger charge is 2.16. The Morgan fingerprint density at radius 3 is 2.31 bits per heavy atom. The van der Waals surface area contributed by atoms with Crippen molar-refractivity contribution in [2.24, 2.45) is 0 Å². The average Bonchev–Trinajstić information content (AvgIpc) is 2.98. The molecule has 2 heterocycles. The first kappa shape index (κ1) is 19.4. The molecule has 1 aromatic carbocycles. The van der Waals surface area contributed by atoms with E-state index in [-0.39, 0.29) is 0 Å². The highest BCUT2D eigenvalue weighted by Crippen LogP contribution is 2.22. The van der Waals surface area contributed by atoms with Crippen molar-refractivity contribution in [2.45, 2.75) is 49.7 Å². The van der Waals surface area contributed by atoms with E-state index in [4.69, 9.17) is 0 Å². The number of hydrogen-bond donors (Lipinski definition) is 1. The lowest BCUT2D eigenvalue weighted by Gasteiger charge is -2.22. The Kier molecular flexibility index (Phi) is 6.73. The summed E-state index contributed by atoms with van der Waals surface area (Å²) in [5.74, 6) is 0. The first-order valence-corrected chi connectivity index (χ1v) is 11.8. The third-order valence-electron chi connectivity index (χ3n) is 4.86. The van der Waals surface area contributed by atoms with Crippen LogP contribution in [0.4, 0.5) is 5.69 Å². The van der Waals surface area contributed by atoms with Crippen LogP contribution in [0.2, 0.25) is 0 Å². The number of sulfonamides is 1. The fraction of sp³-hybridized carbons (Fsp3) is 0.500. The Morgan fingerprint density at radius 2 is 1.69 bits per heavy atom. The molecule has 142 valence electrons. The number of rotatable bonds is 7. The molecule has 2 aromatic rings. The van der Waals surface area contributed by atoms with Crippen molar-refractivity contribution in [3.05, 3.63) is 46.8 Å². The fourth-order valence-corrected chi connectivity index (χ4v) is 5.67. The van der Waals surface area contributed by atoms with E-state index >= 15 is 0 Å². The lowest BCUT2D eigenvalue weighted by Crippen LogP contribution is -2.25. The van der Waals surface area contributed by atoms with Crippen LogP contribution < -0.4 is 9.62 Å². The van der Waals surface area contributed by atoms with Crippen LogP contribution in [0.25, 0.3) is 0 Å². The summed E-state index contributed by atoms with van der Waals surface area (Å²) in [6.07, 6.45) is 6.77. The summed E-state index contributed by atoms with van der Waals surface area (Å²) in [5.41, 5.74) is 2.44. The standard InChI is InChI=1S/C20H28N2O2S2/c1-2-19-11-12-20(25-19)26(23,24)21-14-13-17-7-9-18(10-8-17)22-15-5-3-4-6-16-22/h7-12,21H,2-6,13-16H2,1H3. The first-order chi connectivity index (χ1) is 12.6. The van der Waals surface area contributed by atoms with Gasteiger partial charge in [-0.15, -0.1) is 11.3 Å². The normalized spacial score (nSPS) is 15.8. The van der Waals surface area contributed by atoms with Gasteiger partial charge in [-0.1, -0.05) is 31.9 Å². The number of thiophene rings is 1. The maximum absolute atomic E-state index is 12.3. The van der Waals surface area contributed by atoms with E-state index in [0.717, 1.165) is 30.0 Å². The molecule has 3 rings (SSSR count). The molecule has 0 saturated carbocycles. The van der Waals surface area contributed by atoms with Crippen LogP contribution in [0.3, 0.4) is 0 Å². The maximum atomic E-state index is 12.3. The third-order valence-corrected chi connectivity index (χ3v) is 8.05. The highest BCUT2D eigenvalue weighted by molar-refractivity contribution is 7.91. The summed E-state index contributed by atoms with van der Waals surface area (Å²) in [6, 6.07) is 12.2. The minimum absolute atomic E-state index is 0.408. The first-order valence-electron chi connectivity index (χ1n) is 9.51. The van der Waals surface area contributed by atoms with Gasteiger partial charge in [-0.3, -0.25) is 0 Å². The second-order valence-corrected chi connectivity index (χ2v) is 9.95. The number of benzene rings is 1. The van der Waals surface area contributed by atoms with E-state index in [0.29, 0.717) is 17.2 Å². The molecule has 1 aromatic heterocycles. The predicted molar refractivity (Wildman–Crippen MR) is 110 cm³/mol. The van der Waals surface area contributed by atoms with Crippen molar-refractivity contribution in [1.82, 2.24) is 4.72 Å². The Morgan fingerprint density at radius 1 is 1.00 bits per heavy atom. The molecule has 0 spiro atoms. The van der Waals surface area contributed by atoms with E-state index in [9.17, 15) is 8.42 Å². The molecule has 1 aliphatic rings. The SMILES string of the molecule is CCc1ccc(S(=O)(=O)NCCc2ccc(N3CCCCCC3)cc2)s1. The Labute approximate surface area is 161 Å². The molecule has 26 heavy (non-hydrogen) atoms. The van der Waals surface area contributed by atoms with Crippen LogP contribution in [0.15, 0.2) is 40.6 Å². The molecule has 0 aliphatic carbocycles. The van der Waals surface area contributed by atoms with Crippen molar-refractivity contribution in [2.75, 3.05) is 24.5 Å². The Bertz CT molecular complexity index is 789. The van der Waals surface area contributed by atoms with Crippen LogP contribution in [0.1, 0.15) is 43.0 Å². The minimum atomic E-state index is -3.39. The van der Waals surface area contributed by atoms with Gasteiger partial charge in [-0.05, 0) is 55.5 Å². The molecule has 1 N–H and O–H groups in total. The molecular formula is C20H28N2O2S2. The molecule has 0 unspecified atom stereocenters. The summed E-state index contributed by atoms with van der Waals surface area (Å²) < 4.78 is 27.8. The number of hydrogen-bond acceptors (Lipinski definition) is 4. The molecule has 1 fully saturated rings. The van der Waals surface area contributed by atoms with Gasteiger partial charge < -0.3 is 4.90 Å². The van der Waals surface area contributed by atoms with Gasteiger partial charge in [0.05, 0.1) is 0 Å². The van der Waals surface area contributed by atoms with Gasteiger partial charge in [0.1, 0.15) is 4.21 Å². The van der Waals surface area contributed by atoms with Crippen molar-refractivity contribution < 1.29 is 8.42 Å². The lowest BCUT2D eigenvalue weighted by atomic mass is 10.1. The van der Waals surface area contributed by atoms with Gasteiger partial charge in [0.25, 0.3) is 0 Å². The van der Waals surface area contributed by atoms with Crippen LogP contribution in [-0.4, -0.2) is 28.1 Å². The second-order valence-electron chi connectivity index (χ2n) is 6.79. The van der Waals surface area contributed by atoms with Crippen molar-refractivity contribution >= 4 is 27.0 Å². The predicted octanol–water partition coefficient (Wildman–Crippen LogP) is 4.21. The number of nitrogens with one attached hydrogen (secondary N) is 1. The van der Waals surface area contributed by atoms with Gasteiger partial charge in [-0.2, -0.15) is 0 Å². The summed E-state index contributed by atoms with van der Waals surface area (Å²) in [5, 5.41) is 0. The second kappa shape index (κ2) is 9.02. The zero-order valence-corrected chi connectivity index (χ0v) is 17.0. The van der Waals surface area contributed by atoms with Gasteiger partial charge >= 0.3 is 0 Å². The van der Waals surface area contributed by atoms with Gasteiger partial charge in [0.2, 0.25) is 10.0 Å². The van der Waals surface area contributed by atoms with Gasteiger partial charge in [0, 0.05) is 30.2 Å². The quantitative estimate of drug-likeness (QED) is 0.768. The smallest absolute Gasteiger partial charge is 0.250 e. The number of nitrogens with zero attached hydrogens (tertiary/aromatic N) is 1. The minimum Gasteiger partial charge on any atom is -0.372 e. The van der Waals surface area contributed by atoms with E-state index in [1.807, 2.05) is 13.0 Å². The molecule has 1 saturated heterocycles. The summed E-state index contributed by atoms with van der Waals surface area (Å²) in [4.78, 5) is 3.55. The largest absolute Gasteiger partial charge is 0.372 e. The lowest BCUT2D eigenvalue weighted by molar-refractivity contribution is 0.584. The third kappa shape index (κ3) is 5.09. The number of anilines is 1. The topological polar surface area (TPSA) is 49.4 Å². The zero-order chi connectivity index (χ0) is 18.4. The van der Waals surface area contributed by atoms with Gasteiger partial charge in [-0.25, -0.2) is 13.1 Å². The molecule has 0 amide bonds. The van der Waals surface area contributed by atoms with E-state index in [2.05, 4.69) is 33.9 Å². The van der Waals surface area contributed by atoms with Crippen molar-refractivity contribution in [1.29, 1.82) is 0 Å². The summed E-state index contributed by atoms with van der Waals surface area (Å²) >= 11 is 1.35. The molecular weight excluding hydrogens is 364 g/mol. The highest BCUT2D eigenvalue weighted by atomic mass is 32.2. The molecule has 0 bridgehead atoms. The monoisotopic (exact) mass is 392 g/mol. The molecule has 6 heteroatoms. The Hall–Kier alpha value is -1.37. The van der Waals surface area contributed by atoms with Gasteiger partial charge in [0.15, 0.2) is 0 Å². The van der Waals surface area contributed by atoms with E-state index in [1.54, 1.807) is 6.07 Å². The Balaban J connectivity index is 1.53. The molecule has 0 radical (unpaired) electrons. The van der Waals surface area contributed by atoms with Crippen LogP contribution in [0, 0.1) is 0 Å². The zero-order valence-electron chi connectivity index (χ0n) is 15.4.